The second kappa shape index (κ2) is 6.36. The molecule has 0 aliphatic carbocycles. The monoisotopic (exact) mass is 369 g/mol. The summed E-state index contributed by atoms with van der Waals surface area (Å²) in [6.07, 6.45) is 0. The molecule has 0 radical (unpaired) electrons. The molecule has 2 N–H and O–H groups in total. The summed E-state index contributed by atoms with van der Waals surface area (Å²) in [5.41, 5.74) is 7.81. The maximum Gasteiger partial charge on any atom is 0.134 e. The highest BCUT2D eigenvalue weighted by Gasteiger charge is 2.02. The van der Waals surface area contributed by atoms with Crippen LogP contribution >= 0.6 is 31.9 Å². The van der Waals surface area contributed by atoms with Crippen LogP contribution in [0, 0.1) is 0 Å². The first-order valence-corrected chi connectivity index (χ1v) is 7.13. The van der Waals surface area contributed by atoms with Crippen molar-refractivity contribution in [2.45, 2.75) is 13.2 Å². The minimum absolute atomic E-state index is 0.547. The predicted octanol–water partition coefficient (Wildman–Crippen LogP) is 4.25. The van der Waals surface area contributed by atoms with Crippen molar-refractivity contribution >= 4 is 31.9 Å². The zero-order chi connectivity index (χ0) is 13.0. The SMILES string of the molecule is NCc1ccc(COc2ccc(Br)cc2Br)cc1. The Balaban J connectivity index is 2.02. The lowest BCUT2D eigenvalue weighted by molar-refractivity contribution is 0.304. The Morgan fingerprint density at radius 1 is 0.944 bits per heavy atom. The molecule has 2 nitrogen and oxygen atoms in total. The number of ether oxygens (including phenoxy) is 1. The number of hydrogen-bond acceptors (Lipinski definition) is 2. The summed E-state index contributed by atoms with van der Waals surface area (Å²) in [5.74, 6) is 0.834. The molecular weight excluding hydrogens is 358 g/mol. The second-order valence-electron chi connectivity index (χ2n) is 3.88. The first-order valence-electron chi connectivity index (χ1n) is 5.55. The van der Waals surface area contributed by atoms with Gasteiger partial charge in [-0.2, -0.15) is 0 Å². The van der Waals surface area contributed by atoms with Crippen LogP contribution in [0.5, 0.6) is 5.75 Å². The van der Waals surface area contributed by atoms with Crippen LogP contribution in [0.4, 0.5) is 0 Å². The van der Waals surface area contributed by atoms with Crippen molar-refractivity contribution in [2.75, 3.05) is 0 Å². The van der Waals surface area contributed by atoms with Gasteiger partial charge in [0.1, 0.15) is 12.4 Å². The Kier molecular flexibility index (Phi) is 4.80. The van der Waals surface area contributed by atoms with Gasteiger partial charge in [0.25, 0.3) is 0 Å². The van der Waals surface area contributed by atoms with E-state index < -0.39 is 0 Å². The van der Waals surface area contributed by atoms with Gasteiger partial charge in [-0.15, -0.1) is 0 Å². The van der Waals surface area contributed by atoms with Gasteiger partial charge in [-0.05, 0) is 45.3 Å². The van der Waals surface area contributed by atoms with E-state index in [2.05, 4.69) is 31.9 Å². The van der Waals surface area contributed by atoms with E-state index in [0.29, 0.717) is 13.2 Å². The van der Waals surface area contributed by atoms with Crippen LogP contribution in [-0.4, -0.2) is 0 Å². The van der Waals surface area contributed by atoms with Crippen LogP contribution in [0.25, 0.3) is 0 Å². The van der Waals surface area contributed by atoms with Crippen LogP contribution in [0.2, 0.25) is 0 Å². The van der Waals surface area contributed by atoms with E-state index in [4.69, 9.17) is 10.5 Å². The highest BCUT2D eigenvalue weighted by atomic mass is 79.9. The first-order chi connectivity index (χ1) is 8.69. The predicted molar refractivity (Wildman–Crippen MR) is 80.5 cm³/mol. The molecule has 94 valence electrons. The summed E-state index contributed by atoms with van der Waals surface area (Å²) < 4.78 is 7.71. The molecule has 2 aromatic carbocycles. The molecule has 0 aromatic heterocycles. The van der Waals surface area contributed by atoms with Crippen molar-refractivity contribution < 1.29 is 4.74 Å². The van der Waals surface area contributed by atoms with Crippen molar-refractivity contribution in [1.82, 2.24) is 0 Å². The second-order valence-corrected chi connectivity index (χ2v) is 5.65. The topological polar surface area (TPSA) is 35.2 Å². The lowest BCUT2D eigenvalue weighted by Gasteiger charge is -2.09. The van der Waals surface area contributed by atoms with Crippen LogP contribution < -0.4 is 10.5 Å². The van der Waals surface area contributed by atoms with Gasteiger partial charge in [0.2, 0.25) is 0 Å². The van der Waals surface area contributed by atoms with E-state index in [9.17, 15) is 0 Å². The molecule has 2 rings (SSSR count). The molecule has 0 aliphatic heterocycles. The molecule has 0 atom stereocenters. The number of nitrogens with two attached hydrogens (primary N) is 1. The van der Waals surface area contributed by atoms with Crippen molar-refractivity contribution in [3.63, 3.8) is 0 Å². The lowest BCUT2D eigenvalue weighted by Crippen LogP contribution is -1.98. The molecule has 2 aromatic rings. The van der Waals surface area contributed by atoms with Crippen molar-refractivity contribution in [3.8, 4) is 5.75 Å². The summed E-state index contributed by atoms with van der Waals surface area (Å²) >= 11 is 6.88. The summed E-state index contributed by atoms with van der Waals surface area (Å²) in [7, 11) is 0. The molecule has 0 saturated carbocycles. The summed E-state index contributed by atoms with van der Waals surface area (Å²) in [6, 6.07) is 14.0. The number of rotatable bonds is 4. The smallest absolute Gasteiger partial charge is 0.134 e. The van der Waals surface area contributed by atoms with Crippen LogP contribution in [-0.2, 0) is 13.2 Å². The fourth-order valence-corrected chi connectivity index (χ4v) is 2.69. The molecule has 0 spiro atoms. The fraction of sp³-hybridized carbons (Fsp3) is 0.143. The van der Waals surface area contributed by atoms with E-state index >= 15 is 0 Å². The van der Waals surface area contributed by atoms with Gasteiger partial charge < -0.3 is 10.5 Å². The molecular formula is C14H13Br2NO. The molecule has 18 heavy (non-hydrogen) atoms. The minimum atomic E-state index is 0.547. The van der Waals surface area contributed by atoms with Gasteiger partial charge in [-0.3, -0.25) is 0 Å². The Bertz CT molecular complexity index is 526. The molecule has 0 amide bonds. The molecule has 0 saturated heterocycles. The van der Waals surface area contributed by atoms with Gasteiger partial charge in [0.15, 0.2) is 0 Å². The van der Waals surface area contributed by atoms with Gasteiger partial charge in [-0.25, -0.2) is 0 Å². The number of halogens is 2. The average Bonchev–Trinajstić information content (AvgIpc) is 2.38. The Morgan fingerprint density at radius 2 is 1.61 bits per heavy atom. The standard InChI is InChI=1S/C14H13Br2NO/c15-12-5-6-14(13(16)7-12)18-9-11-3-1-10(8-17)2-4-11/h1-7H,8-9,17H2. The van der Waals surface area contributed by atoms with E-state index in [1.165, 1.54) is 0 Å². The zero-order valence-electron chi connectivity index (χ0n) is 9.70. The highest BCUT2D eigenvalue weighted by molar-refractivity contribution is 9.11. The van der Waals surface area contributed by atoms with Crippen molar-refractivity contribution in [1.29, 1.82) is 0 Å². The summed E-state index contributed by atoms with van der Waals surface area (Å²) in [4.78, 5) is 0. The Morgan fingerprint density at radius 3 is 2.22 bits per heavy atom. The van der Waals surface area contributed by atoms with Gasteiger partial charge in [-0.1, -0.05) is 40.2 Å². The Hall–Kier alpha value is -0.840. The average molecular weight is 371 g/mol. The first kappa shape index (κ1) is 13.6. The number of hydrogen-bond donors (Lipinski definition) is 1. The number of benzene rings is 2. The quantitative estimate of drug-likeness (QED) is 0.873. The van der Waals surface area contributed by atoms with Crippen molar-refractivity contribution in [2.24, 2.45) is 5.73 Å². The molecule has 4 heteroatoms. The maximum absolute atomic E-state index is 5.75. The fourth-order valence-electron chi connectivity index (χ4n) is 1.52. The molecule has 0 heterocycles. The summed E-state index contributed by atoms with van der Waals surface area (Å²) in [6.45, 7) is 1.12. The lowest BCUT2D eigenvalue weighted by atomic mass is 10.1. The van der Waals surface area contributed by atoms with Crippen LogP contribution in [0.3, 0.4) is 0 Å². The van der Waals surface area contributed by atoms with Gasteiger partial charge in [0.05, 0.1) is 4.47 Å². The third-order valence-corrected chi connectivity index (χ3v) is 3.66. The Labute approximate surface area is 123 Å². The molecule has 0 unspecified atom stereocenters. The third-order valence-electron chi connectivity index (χ3n) is 2.55. The minimum Gasteiger partial charge on any atom is -0.488 e. The van der Waals surface area contributed by atoms with E-state index in [0.717, 1.165) is 25.8 Å². The van der Waals surface area contributed by atoms with Crippen LogP contribution in [0.1, 0.15) is 11.1 Å². The van der Waals surface area contributed by atoms with Crippen molar-refractivity contribution in [3.05, 3.63) is 62.5 Å². The molecule has 0 aliphatic rings. The zero-order valence-corrected chi connectivity index (χ0v) is 12.9. The van der Waals surface area contributed by atoms with E-state index in [1.54, 1.807) is 0 Å². The summed E-state index contributed by atoms with van der Waals surface area (Å²) in [5, 5.41) is 0. The largest absolute Gasteiger partial charge is 0.488 e. The molecule has 0 fully saturated rings. The molecule has 0 bridgehead atoms. The van der Waals surface area contributed by atoms with Gasteiger partial charge in [0, 0.05) is 11.0 Å². The van der Waals surface area contributed by atoms with Gasteiger partial charge >= 0.3 is 0 Å². The van der Waals surface area contributed by atoms with E-state index in [1.807, 2.05) is 42.5 Å². The normalized spacial score (nSPS) is 10.4. The van der Waals surface area contributed by atoms with Crippen LogP contribution in [0.15, 0.2) is 51.4 Å². The third kappa shape index (κ3) is 3.57. The maximum atomic E-state index is 5.75. The van der Waals surface area contributed by atoms with E-state index in [-0.39, 0.29) is 0 Å². The highest BCUT2D eigenvalue weighted by Crippen LogP contribution is 2.28.